The van der Waals surface area contributed by atoms with Gasteiger partial charge < -0.3 is 18.8 Å². The Balaban J connectivity index is 1.72. The first-order valence-corrected chi connectivity index (χ1v) is 8.94. The molecule has 0 saturated carbocycles. The molecule has 1 amide bonds. The molecule has 3 rings (SSSR count). The summed E-state index contributed by atoms with van der Waals surface area (Å²) in [7, 11) is 1.50. The Morgan fingerprint density at radius 3 is 2.85 bits per heavy atom. The second-order valence-electron chi connectivity index (χ2n) is 6.27. The van der Waals surface area contributed by atoms with Crippen LogP contribution in [0.2, 0.25) is 0 Å². The highest BCUT2D eigenvalue weighted by Crippen LogP contribution is 2.28. The Morgan fingerprint density at radius 1 is 1.30 bits per heavy atom. The van der Waals surface area contributed by atoms with Crippen LogP contribution >= 0.6 is 0 Å². The van der Waals surface area contributed by atoms with E-state index in [1.54, 1.807) is 29.4 Å². The molecule has 1 aliphatic carbocycles. The number of allylic oxidation sites excluding steroid dienone is 2. The van der Waals surface area contributed by atoms with Crippen molar-refractivity contribution < 1.29 is 18.7 Å². The van der Waals surface area contributed by atoms with Gasteiger partial charge in [0.25, 0.3) is 5.91 Å². The lowest BCUT2D eigenvalue weighted by Gasteiger charge is -2.27. The lowest BCUT2D eigenvalue weighted by Crippen LogP contribution is -2.34. The molecule has 2 aromatic rings. The molecule has 0 saturated heterocycles. The van der Waals surface area contributed by atoms with E-state index in [9.17, 15) is 4.79 Å². The summed E-state index contributed by atoms with van der Waals surface area (Å²) >= 11 is 0. The summed E-state index contributed by atoms with van der Waals surface area (Å²) in [6.07, 6.45) is 7.77. The number of carbonyl (C=O) groups is 1. The second-order valence-corrected chi connectivity index (χ2v) is 6.27. The van der Waals surface area contributed by atoms with E-state index in [4.69, 9.17) is 19.2 Å². The average Bonchev–Trinajstić information content (AvgIpc) is 3.24. The van der Waals surface area contributed by atoms with Gasteiger partial charge in [0.1, 0.15) is 5.76 Å². The molecule has 0 N–H and O–H groups in total. The maximum absolute atomic E-state index is 12.9. The maximum Gasteiger partial charge on any atom is 0.265 e. The standard InChI is InChI=1S/C21H22N2O4/c1-25-20-12-16(13-22)9-10-19(20)27-15-21(24)23(14-18-8-5-11-26-18)17-6-3-2-4-7-17/h5-6,8-12H,2-4,7,14-15H2,1H3. The number of carbonyl (C=O) groups excluding carboxylic acids is 1. The third kappa shape index (κ3) is 4.70. The van der Waals surface area contributed by atoms with Gasteiger partial charge in [-0.3, -0.25) is 4.79 Å². The van der Waals surface area contributed by atoms with Crippen molar-refractivity contribution in [1.82, 2.24) is 4.90 Å². The molecule has 0 spiro atoms. The van der Waals surface area contributed by atoms with Crippen molar-refractivity contribution >= 4 is 5.91 Å². The summed E-state index contributed by atoms with van der Waals surface area (Å²) in [6.45, 7) is 0.256. The van der Waals surface area contributed by atoms with Crippen LogP contribution in [-0.2, 0) is 11.3 Å². The molecular weight excluding hydrogens is 344 g/mol. The second kappa shape index (κ2) is 8.95. The molecule has 6 heteroatoms. The van der Waals surface area contributed by atoms with Crippen molar-refractivity contribution in [2.45, 2.75) is 32.2 Å². The molecule has 6 nitrogen and oxygen atoms in total. The van der Waals surface area contributed by atoms with Gasteiger partial charge >= 0.3 is 0 Å². The van der Waals surface area contributed by atoms with Gasteiger partial charge in [0.05, 0.1) is 31.6 Å². The molecule has 1 aliphatic rings. The molecule has 1 aromatic carbocycles. The molecule has 0 radical (unpaired) electrons. The Morgan fingerprint density at radius 2 is 2.19 bits per heavy atom. The highest BCUT2D eigenvalue weighted by atomic mass is 16.5. The summed E-state index contributed by atoms with van der Waals surface area (Å²) in [5.74, 6) is 1.44. The first-order valence-electron chi connectivity index (χ1n) is 8.94. The number of nitrogens with zero attached hydrogens (tertiary/aromatic N) is 2. The van der Waals surface area contributed by atoms with Crippen LogP contribution in [0.1, 0.15) is 37.0 Å². The van der Waals surface area contributed by atoms with Crippen molar-refractivity contribution in [3.05, 3.63) is 59.7 Å². The monoisotopic (exact) mass is 366 g/mol. The predicted octanol–water partition coefficient (Wildman–Crippen LogP) is 4.03. The molecular formula is C21H22N2O4. The summed E-state index contributed by atoms with van der Waals surface area (Å²) in [5, 5.41) is 8.98. The van der Waals surface area contributed by atoms with Crippen molar-refractivity contribution in [3.8, 4) is 17.6 Å². The average molecular weight is 366 g/mol. The van der Waals surface area contributed by atoms with Crippen LogP contribution in [0.3, 0.4) is 0 Å². The maximum atomic E-state index is 12.9. The summed E-state index contributed by atoms with van der Waals surface area (Å²) in [5.41, 5.74) is 1.48. The van der Waals surface area contributed by atoms with E-state index < -0.39 is 0 Å². The van der Waals surface area contributed by atoms with E-state index in [1.165, 1.54) is 7.11 Å². The van der Waals surface area contributed by atoms with Gasteiger partial charge in [-0.1, -0.05) is 6.08 Å². The first kappa shape index (κ1) is 18.6. The van der Waals surface area contributed by atoms with Crippen LogP contribution in [0.25, 0.3) is 0 Å². The number of hydrogen-bond acceptors (Lipinski definition) is 5. The zero-order chi connectivity index (χ0) is 19.1. The minimum absolute atomic E-state index is 0.125. The number of benzene rings is 1. The predicted molar refractivity (Wildman–Crippen MR) is 99.0 cm³/mol. The van der Waals surface area contributed by atoms with Gasteiger partial charge in [-0.05, 0) is 49.9 Å². The molecule has 0 aliphatic heterocycles. The number of ether oxygens (including phenoxy) is 2. The quantitative estimate of drug-likeness (QED) is 0.740. The third-order valence-electron chi connectivity index (χ3n) is 4.45. The fourth-order valence-corrected chi connectivity index (χ4v) is 3.05. The van der Waals surface area contributed by atoms with Crippen LogP contribution in [0.5, 0.6) is 11.5 Å². The normalized spacial score (nSPS) is 13.4. The largest absolute Gasteiger partial charge is 0.493 e. The summed E-state index contributed by atoms with van der Waals surface area (Å²) < 4.78 is 16.4. The van der Waals surface area contributed by atoms with Gasteiger partial charge in [0, 0.05) is 11.8 Å². The molecule has 0 unspecified atom stereocenters. The van der Waals surface area contributed by atoms with Crippen molar-refractivity contribution in [2.24, 2.45) is 0 Å². The summed E-state index contributed by atoms with van der Waals surface area (Å²) in [4.78, 5) is 14.6. The number of nitriles is 1. The molecule has 0 fully saturated rings. The van der Waals surface area contributed by atoms with Crippen LogP contribution in [0, 0.1) is 11.3 Å². The van der Waals surface area contributed by atoms with Crippen molar-refractivity contribution in [3.63, 3.8) is 0 Å². The molecule has 1 heterocycles. The van der Waals surface area contributed by atoms with E-state index >= 15 is 0 Å². The van der Waals surface area contributed by atoms with Crippen molar-refractivity contribution in [1.29, 1.82) is 5.26 Å². The van der Waals surface area contributed by atoms with Crippen LogP contribution < -0.4 is 9.47 Å². The fourth-order valence-electron chi connectivity index (χ4n) is 3.05. The van der Waals surface area contributed by atoms with Gasteiger partial charge in [-0.25, -0.2) is 0 Å². The van der Waals surface area contributed by atoms with Crippen LogP contribution in [-0.4, -0.2) is 24.5 Å². The van der Waals surface area contributed by atoms with Gasteiger partial charge in [0.2, 0.25) is 0 Å². The highest BCUT2D eigenvalue weighted by molar-refractivity contribution is 5.79. The first-order chi connectivity index (χ1) is 13.2. The Bertz CT molecular complexity index is 850. The number of rotatable bonds is 7. The van der Waals surface area contributed by atoms with Crippen molar-refractivity contribution in [2.75, 3.05) is 13.7 Å². The molecule has 140 valence electrons. The van der Waals surface area contributed by atoms with E-state index in [0.717, 1.165) is 37.1 Å². The zero-order valence-corrected chi connectivity index (χ0v) is 15.3. The molecule has 27 heavy (non-hydrogen) atoms. The zero-order valence-electron chi connectivity index (χ0n) is 15.3. The SMILES string of the molecule is COc1cc(C#N)ccc1OCC(=O)N(Cc1ccco1)C1=CCCCC1. The molecule has 1 aromatic heterocycles. The Kier molecular flexibility index (Phi) is 6.16. The summed E-state index contributed by atoms with van der Waals surface area (Å²) in [6, 6.07) is 10.6. The Labute approximate surface area is 158 Å². The van der Waals surface area contributed by atoms with Gasteiger partial charge in [-0.2, -0.15) is 5.26 Å². The lowest BCUT2D eigenvalue weighted by molar-refractivity contribution is -0.132. The minimum atomic E-state index is -0.147. The highest BCUT2D eigenvalue weighted by Gasteiger charge is 2.22. The van der Waals surface area contributed by atoms with E-state index in [1.807, 2.05) is 12.1 Å². The number of amides is 1. The Hall–Kier alpha value is -3.20. The minimum Gasteiger partial charge on any atom is -0.493 e. The number of methoxy groups -OCH3 is 1. The topological polar surface area (TPSA) is 75.7 Å². The van der Waals surface area contributed by atoms with Gasteiger partial charge in [-0.15, -0.1) is 0 Å². The van der Waals surface area contributed by atoms with E-state index in [2.05, 4.69) is 12.1 Å². The van der Waals surface area contributed by atoms with E-state index in [-0.39, 0.29) is 12.5 Å². The van der Waals surface area contributed by atoms with Crippen LogP contribution in [0.4, 0.5) is 0 Å². The smallest absolute Gasteiger partial charge is 0.265 e. The molecule has 0 atom stereocenters. The molecule has 0 bridgehead atoms. The third-order valence-corrected chi connectivity index (χ3v) is 4.45. The lowest BCUT2D eigenvalue weighted by atomic mass is 10.0. The van der Waals surface area contributed by atoms with Crippen LogP contribution in [0.15, 0.2) is 52.8 Å². The number of hydrogen-bond donors (Lipinski definition) is 0. The number of furan rings is 1. The fraction of sp³-hybridized carbons (Fsp3) is 0.333. The van der Waals surface area contributed by atoms with Gasteiger partial charge in [0.15, 0.2) is 18.1 Å². The van der Waals surface area contributed by atoms with E-state index in [0.29, 0.717) is 23.6 Å².